The Hall–Kier alpha value is -2.69. The Morgan fingerprint density at radius 2 is 1.80 bits per heavy atom. The lowest BCUT2D eigenvalue weighted by Gasteiger charge is -2.24. The van der Waals surface area contributed by atoms with Crippen LogP contribution in [0, 0.1) is 5.82 Å². The van der Waals surface area contributed by atoms with Gasteiger partial charge in [-0.05, 0) is 42.7 Å². The second-order valence-corrected chi connectivity index (χ2v) is 6.61. The molecule has 1 amide bonds. The summed E-state index contributed by atoms with van der Waals surface area (Å²) in [4.78, 5) is 16.1. The van der Waals surface area contributed by atoms with Gasteiger partial charge in [-0.1, -0.05) is 6.07 Å². The van der Waals surface area contributed by atoms with Crippen molar-refractivity contribution in [1.82, 2.24) is 10.3 Å². The number of ether oxygens (including phenoxy) is 1. The fourth-order valence-electron chi connectivity index (χ4n) is 3.16. The predicted molar refractivity (Wildman–Crippen MR) is 89.6 cm³/mol. The maximum Gasteiger partial charge on any atom is 0.419 e. The summed E-state index contributed by atoms with van der Waals surface area (Å²) >= 11 is 0. The lowest BCUT2D eigenvalue weighted by molar-refractivity contribution is -0.140. The fraction of sp³-hybridized carbons (Fsp3) is 0.368. The number of nitrogens with one attached hydrogen (secondary N) is 1. The molecule has 0 aliphatic carbocycles. The summed E-state index contributed by atoms with van der Waals surface area (Å²) in [6.45, 7) is 0.287. The van der Waals surface area contributed by atoms with Crippen molar-refractivity contribution in [2.75, 3.05) is 6.61 Å². The zero-order valence-corrected chi connectivity index (χ0v) is 15.1. The van der Waals surface area contributed by atoms with Crippen LogP contribution in [0.1, 0.15) is 41.3 Å². The topological polar surface area (TPSA) is 51.2 Å². The number of hydrogen-bond donors (Lipinski definition) is 1. The number of carbonyl (C=O) groups is 1. The summed E-state index contributed by atoms with van der Waals surface area (Å²) in [6.07, 6.45) is -8.84. The third-order valence-corrected chi connectivity index (χ3v) is 4.56. The highest BCUT2D eigenvalue weighted by molar-refractivity contribution is 5.81. The molecule has 1 aromatic carbocycles. The lowest BCUT2D eigenvalue weighted by atomic mass is 9.97. The average Bonchev–Trinajstić information content (AvgIpc) is 3.19. The molecule has 1 N–H and O–H groups in total. The standard InChI is InChI=1S/C19H15F7N2O2/c20-13-9-10(5-6-11(13)18(21,22)23)15(28-17(29)14-4-2-8-30-14)16-12(19(24,25)26)3-1-7-27-16/h1,3,5-7,9,14-15H,2,4,8H2,(H,28,29)/t14?,15-/m0/s1. The van der Waals surface area contributed by atoms with Crippen molar-refractivity contribution in [3.05, 3.63) is 64.7 Å². The van der Waals surface area contributed by atoms with Crippen LogP contribution in [-0.4, -0.2) is 23.6 Å². The average molecular weight is 436 g/mol. The molecule has 1 saturated heterocycles. The van der Waals surface area contributed by atoms with Gasteiger partial charge in [0.2, 0.25) is 5.91 Å². The Kier molecular flexibility index (Phi) is 6.02. The summed E-state index contributed by atoms with van der Waals surface area (Å²) in [5.74, 6) is -2.45. The lowest BCUT2D eigenvalue weighted by Crippen LogP contribution is -2.38. The molecule has 1 aliphatic heterocycles. The molecule has 1 fully saturated rings. The smallest absolute Gasteiger partial charge is 0.368 e. The van der Waals surface area contributed by atoms with Gasteiger partial charge in [-0.2, -0.15) is 26.3 Å². The predicted octanol–water partition coefficient (Wildman–Crippen LogP) is 4.64. The molecule has 1 unspecified atom stereocenters. The molecule has 162 valence electrons. The van der Waals surface area contributed by atoms with E-state index in [0.717, 1.165) is 18.3 Å². The van der Waals surface area contributed by atoms with Crippen LogP contribution in [-0.2, 0) is 21.9 Å². The summed E-state index contributed by atoms with van der Waals surface area (Å²) < 4.78 is 98.2. The van der Waals surface area contributed by atoms with Crippen molar-refractivity contribution in [1.29, 1.82) is 0 Å². The summed E-state index contributed by atoms with van der Waals surface area (Å²) in [6, 6.07) is 1.76. The van der Waals surface area contributed by atoms with E-state index >= 15 is 0 Å². The Labute approximate surface area is 166 Å². The molecule has 2 heterocycles. The normalized spacial score (nSPS) is 18.3. The minimum absolute atomic E-state index is 0.287. The summed E-state index contributed by atoms with van der Waals surface area (Å²) in [7, 11) is 0. The number of hydrogen-bond acceptors (Lipinski definition) is 3. The van der Waals surface area contributed by atoms with Crippen LogP contribution in [0.3, 0.4) is 0 Å². The van der Waals surface area contributed by atoms with Crippen molar-refractivity contribution >= 4 is 5.91 Å². The van der Waals surface area contributed by atoms with Crippen molar-refractivity contribution in [3.63, 3.8) is 0 Å². The highest BCUT2D eigenvalue weighted by Gasteiger charge is 2.39. The van der Waals surface area contributed by atoms with Gasteiger partial charge < -0.3 is 10.1 Å². The number of nitrogens with zero attached hydrogens (tertiary/aromatic N) is 1. The van der Waals surface area contributed by atoms with Crippen LogP contribution in [0.4, 0.5) is 30.7 Å². The van der Waals surface area contributed by atoms with E-state index in [1.807, 2.05) is 0 Å². The van der Waals surface area contributed by atoms with Gasteiger partial charge in [-0.3, -0.25) is 9.78 Å². The van der Waals surface area contributed by atoms with Gasteiger partial charge in [0, 0.05) is 12.8 Å². The first kappa shape index (κ1) is 22.0. The first-order valence-electron chi connectivity index (χ1n) is 8.79. The van der Waals surface area contributed by atoms with Crippen molar-refractivity contribution in [2.45, 2.75) is 37.3 Å². The Morgan fingerprint density at radius 3 is 2.37 bits per heavy atom. The molecule has 3 rings (SSSR count). The molecule has 2 aromatic rings. The van der Waals surface area contributed by atoms with Gasteiger partial charge in [0.1, 0.15) is 11.9 Å². The summed E-state index contributed by atoms with van der Waals surface area (Å²) in [5.41, 5.74) is -3.78. The molecule has 30 heavy (non-hydrogen) atoms. The Morgan fingerprint density at radius 1 is 1.10 bits per heavy atom. The first-order chi connectivity index (χ1) is 14.0. The van der Waals surface area contributed by atoms with E-state index in [9.17, 15) is 35.5 Å². The maximum absolute atomic E-state index is 14.1. The Balaban J connectivity index is 2.07. The zero-order valence-electron chi connectivity index (χ0n) is 15.1. The number of rotatable bonds is 4. The molecule has 11 heteroatoms. The first-order valence-corrected chi connectivity index (χ1v) is 8.79. The van der Waals surface area contributed by atoms with E-state index < -0.39 is 53.0 Å². The van der Waals surface area contributed by atoms with E-state index in [2.05, 4.69) is 10.3 Å². The van der Waals surface area contributed by atoms with E-state index in [0.29, 0.717) is 31.0 Å². The second-order valence-electron chi connectivity index (χ2n) is 6.61. The van der Waals surface area contributed by atoms with Crippen LogP contribution >= 0.6 is 0 Å². The van der Waals surface area contributed by atoms with E-state index in [-0.39, 0.29) is 12.2 Å². The number of aromatic nitrogens is 1. The van der Waals surface area contributed by atoms with Crippen LogP contribution in [0.5, 0.6) is 0 Å². The number of benzene rings is 1. The molecule has 0 bridgehead atoms. The fourth-order valence-corrected chi connectivity index (χ4v) is 3.16. The molecule has 1 aliphatic rings. The van der Waals surface area contributed by atoms with Crippen LogP contribution in [0.15, 0.2) is 36.5 Å². The molecule has 0 radical (unpaired) electrons. The van der Waals surface area contributed by atoms with Gasteiger partial charge in [0.05, 0.1) is 22.9 Å². The van der Waals surface area contributed by atoms with E-state index in [4.69, 9.17) is 4.74 Å². The van der Waals surface area contributed by atoms with Gasteiger partial charge in [-0.25, -0.2) is 4.39 Å². The number of amides is 1. The van der Waals surface area contributed by atoms with Crippen LogP contribution in [0.25, 0.3) is 0 Å². The third-order valence-electron chi connectivity index (χ3n) is 4.56. The van der Waals surface area contributed by atoms with Crippen LogP contribution in [0.2, 0.25) is 0 Å². The minimum Gasteiger partial charge on any atom is -0.368 e. The number of alkyl halides is 6. The number of halogens is 7. The molecule has 1 aromatic heterocycles. The molecular weight excluding hydrogens is 421 g/mol. The molecule has 0 saturated carbocycles. The van der Waals surface area contributed by atoms with Crippen molar-refractivity contribution in [3.8, 4) is 0 Å². The second kappa shape index (κ2) is 8.21. The zero-order chi connectivity index (χ0) is 22.1. The third kappa shape index (κ3) is 4.72. The largest absolute Gasteiger partial charge is 0.419 e. The van der Waals surface area contributed by atoms with Gasteiger partial charge in [0.15, 0.2) is 0 Å². The number of carbonyl (C=O) groups excluding carboxylic acids is 1. The molecule has 4 nitrogen and oxygen atoms in total. The van der Waals surface area contributed by atoms with Gasteiger partial charge in [-0.15, -0.1) is 0 Å². The van der Waals surface area contributed by atoms with Gasteiger partial charge in [0.25, 0.3) is 0 Å². The SMILES string of the molecule is O=C(N[C@@H](c1ccc(C(F)(F)F)c(F)c1)c1ncccc1C(F)(F)F)C1CCCO1. The van der Waals surface area contributed by atoms with Gasteiger partial charge >= 0.3 is 12.4 Å². The molecule has 2 atom stereocenters. The van der Waals surface area contributed by atoms with Crippen LogP contribution < -0.4 is 5.32 Å². The maximum atomic E-state index is 14.1. The molecular formula is C19H15F7N2O2. The highest BCUT2D eigenvalue weighted by atomic mass is 19.4. The Bertz CT molecular complexity index is 922. The van der Waals surface area contributed by atoms with E-state index in [1.165, 1.54) is 0 Å². The van der Waals surface area contributed by atoms with Crippen molar-refractivity contribution < 1.29 is 40.3 Å². The molecule has 0 spiro atoms. The monoisotopic (exact) mass is 436 g/mol. The highest BCUT2D eigenvalue weighted by Crippen LogP contribution is 2.37. The minimum atomic E-state index is -4.98. The van der Waals surface area contributed by atoms with Crippen molar-refractivity contribution in [2.24, 2.45) is 0 Å². The number of pyridine rings is 1. The quantitative estimate of drug-likeness (QED) is 0.711. The van der Waals surface area contributed by atoms with E-state index in [1.54, 1.807) is 0 Å². The summed E-state index contributed by atoms with van der Waals surface area (Å²) in [5, 5.41) is 2.32.